The van der Waals surface area contributed by atoms with Crippen LogP contribution in [0.25, 0.3) is 0 Å². The highest BCUT2D eigenvalue weighted by atomic mass is 16.5. The fourth-order valence-electron chi connectivity index (χ4n) is 1.23. The van der Waals surface area contributed by atoms with Crippen LogP contribution in [0.5, 0.6) is 0 Å². The van der Waals surface area contributed by atoms with E-state index in [0.29, 0.717) is 5.69 Å². The van der Waals surface area contributed by atoms with Gasteiger partial charge < -0.3 is 9.30 Å². The van der Waals surface area contributed by atoms with Crippen molar-refractivity contribution in [3.8, 4) is 0 Å². The van der Waals surface area contributed by atoms with Gasteiger partial charge in [0.1, 0.15) is 5.69 Å². The minimum absolute atomic E-state index is 0.276. The summed E-state index contributed by atoms with van der Waals surface area (Å²) in [6.45, 7) is 1.59. The summed E-state index contributed by atoms with van der Waals surface area (Å²) in [5.41, 5.74) is 0.616. The van der Waals surface area contributed by atoms with E-state index in [4.69, 9.17) is 4.74 Å². The molecule has 0 aliphatic carbocycles. The molecule has 4 nitrogen and oxygen atoms in total. The Hall–Kier alpha value is -1.16. The number of ether oxygens (including phenoxy) is 1. The monoisotopic (exact) mass is 166 g/mol. The second-order valence-electron chi connectivity index (χ2n) is 2.87. The Bertz CT molecular complexity index is 278. The van der Waals surface area contributed by atoms with Gasteiger partial charge in [-0.15, -0.1) is 0 Å². The number of imidazole rings is 1. The van der Waals surface area contributed by atoms with Crippen LogP contribution in [0.2, 0.25) is 0 Å². The molecule has 4 heteroatoms. The topological polar surface area (TPSA) is 44.1 Å². The highest BCUT2D eigenvalue weighted by Gasteiger charge is 2.19. The first-order valence-electron chi connectivity index (χ1n) is 3.97. The van der Waals surface area contributed by atoms with Gasteiger partial charge in [0.05, 0.1) is 25.2 Å². The molecular weight excluding hydrogens is 156 g/mol. The average Bonchev–Trinajstić information content (AvgIpc) is 2.43. The zero-order chi connectivity index (χ0) is 8.39. The quantitative estimate of drug-likeness (QED) is 0.613. The summed E-state index contributed by atoms with van der Waals surface area (Å²) in [6, 6.07) is 0. The fraction of sp³-hybridized carbons (Fsp3) is 0.500. The van der Waals surface area contributed by atoms with Crippen molar-refractivity contribution in [1.29, 1.82) is 0 Å². The van der Waals surface area contributed by atoms with E-state index in [0.717, 1.165) is 25.9 Å². The van der Waals surface area contributed by atoms with Gasteiger partial charge >= 0.3 is 0 Å². The minimum atomic E-state index is 0.276. The second-order valence-corrected chi connectivity index (χ2v) is 2.87. The molecular formula is C8H10N2O2. The van der Waals surface area contributed by atoms with Gasteiger partial charge in [-0.1, -0.05) is 0 Å². The van der Waals surface area contributed by atoms with Crippen LogP contribution < -0.4 is 0 Å². The average molecular weight is 166 g/mol. The van der Waals surface area contributed by atoms with E-state index >= 15 is 0 Å². The van der Waals surface area contributed by atoms with Crippen LogP contribution >= 0.6 is 0 Å². The van der Waals surface area contributed by atoms with Crippen molar-refractivity contribution in [2.45, 2.75) is 19.1 Å². The Kier molecular flexibility index (Phi) is 1.91. The lowest BCUT2D eigenvalue weighted by Gasteiger charge is -2.26. The first-order chi connectivity index (χ1) is 5.90. The zero-order valence-electron chi connectivity index (χ0n) is 6.64. The third-order valence-electron chi connectivity index (χ3n) is 2.06. The van der Waals surface area contributed by atoms with E-state index in [1.807, 2.05) is 4.57 Å². The van der Waals surface area contributed by atoms with Crippen LogP contribution in [0.4, 0.5) is 0 Å². The molecule has 1 aliphatic heterocycles. The van der Waals surface area contributed by atoms with Crippen LogP contribution in [-0.2, 0) is 11.3 Å². The highest BCUT2D eigenvalue weighted by Crippen LogP contribution is 2.13. The maximum absolute atomic E-state index is 10.5. The van der Waals surface area contributed by atoms with Crippen LogP contribution in [0, 0.1) is 0 Å². The van der Waals surface area contributed by atoms with Crippen molar-refractivity contribution in [3.63, 3.8) is 0 Å². The Morgan fingerprint density at radius 1 is 1.83 bits per heavy atom. The van der Waals surface area contributed by atoms with Crippen molar-refractivity contribution in [2.75, 3.05) is 6.61 Å². The Labute approximate surface area is 70.2 Å². The lowest BCUT2D eigenvalue weighted by atomic mass is 10.2. The normalized spacial score (nSPS) is 21.8. The highest BCUT2D eigenvalue weighted by molar-refractivity contribution is 5.71. The second kappa shape index (κ2) is 3.06. The number of nitrogens with zero attached hydrogens (tertiary/aromatic N) is 2. The summed E-state index contributed by atoms with van der Waals surface area (Å²) in [5, 5.41) is 0. The summed E-state index contributed by atoms with van der Waals surface area (Å²) in [6.07, 6.45) is 5.39. The van der Waals surface area contributed by atoms with Gasteiger partial charge in [-0.05, 0) is 6.42 Å². The van der Waals surface area contributed by atoms with Gasteiger partial charge in [0.2, 0.25) is 0 Å². The zero-order valence-corrected chi connectivity index (χ0v) is 6.64. The summed E-state index contributed by atoms with van der Waals surface area (Å²) in [7, 11) is 0. The van der Waals surface area contributed by atoms with Crippen molar-refractivity contribution in [3.05, 3.63) is 18.2 Å². The molecule has 0 radical (unpaired) electrons. The molecule has 0 bridgehead atoms. The molecule has 12 heavy (non-hydrogen) atoms. The number of rotatable bonds is 3. The molecule has 0 saturated carbocycles. The Morgan fingerprint density at radius 3 is 3.25 bits per heavy atom. The first-order valence-corrected chi connectivity index (χ1v) is 3.97. The molecule has 0 aromatic carbocycles. The van der Waals surface area contributed by atoms with Gasteiger partial charge in [0, 0.05) is 6.61 Å². The summed E-state index contributed by atoms with van der Waals surface area (Å²) in [5.74, 6) is 0. The van der Waals surface area contributed by atoms with E-state index < -0.39 is 0 Å². The van der Waals surface area contributed by atoms with Crippen molar-refractivity contribution in [1.82, 2.24) is 9.55 Å². The van der Waals surface area contributed by atoms with E-state index in [9.17, 15) is 4.79 Å². The third-order valence-corrected chi connectivity index (χ3v) is 2.06. The maximum Gasteiger partial charge on any atom is 0.168 e. The van der Waals surface area contributed by atoms with Gasteiger partial charge in [-0.3, -0.25) is 4.79 Å². The maximum atomic E-state index is 10.5. The number of aldehydes is 1. The Balaban J connectivity index is 2.05. The number of hydrogen-bond donors (Lipinski definition) is 0. The fourth-order valence-corrected chi connectivity index (χ4v) is 1.23. The molecule has 0 amide bonds. The molecule has 1 unspecified atom stereocenters. The predicted octanol–water partition coefficient (Wildman–Crippen LogP) is 0.484. The number of hydrogen-bond acceptors (Lipinski definition) is 3. The van der Waals surface area contributed by atoms with Gasteiger partial charge in [-0.25, -0.2) is 4.98 Å². The standard InChI is InChI=1S/C8H10N2O2/c11-5-7-3-9-6-10(7)4-8-1-2-12-8/h3,5-6,8H,1-2,4H2. The van der Waals surface area contributed by atoms with Crippen molar-refractivity contribution >= 4 is 6.29 Å². The molecule has 1 fully saturated rings. The van der Waals surface area contributed by atoms with Crippen LogP contribution in [0.1, 0.15) is 16.9 Å². The van der Waals surface area contributed by atoms with Gasteiger partial charge in [0.15, 0.2) is 6.29 Å². The number of carbonyl (C=O) groups is 1. The van der Waals surface area contributed by atoms with E-state index in [2.05, 4.69) is 4.98 Å². The first kappa shape index (κ1) is 7.49. The predicted molar refractivity (Wildman–Crippen MR) is 42.0 cm³/mol. The molecule has 2 heterocycles. The van der Waals surface area contributed by atoms with Crippen LogP contribution in [-0.4, -0.2) is 28.5 Å². The molecule has 0 spiro atoms. The third kappa shape index (κ3) is 1.25. The molecule has 1 saturated heterocycles. The Morgan fingerprint density at radius 2 is 2.67 bits per heavy atom. The molecule has 1 atom stereocenters. The SMILES string of the molecule is O=Cc1cncn1CC1CCO1. The molecule has 2 rings (SSSR count). The van der Waals surface area contributed by atoms with Crippen LogP contribution in [0.3, 0.4) is 0 Å². The summed E-state index contributed by atoms with van der Waals surface area (Å²) >= 11 is 0. The van der Waals surface area contributed by atoms with E-state index in [-0.39, 0.29) is 6.10 Å². The van der Waals surface area contributed by atoms with E-state index in [1.54, 1.807) is 12.5 Å². The van der Waals surface area contributed by atoms with E-state index in [1.165, 1.54) is 0 Å². The molecule has 64 valence electrons. The summed E-state index contributed by atoms with van der Waals surface area (Å²) < 4.78 is 7.06. The van der Waals surface area contributed by atoms with Gasteiger partial charge in [-0.2, -0.15) is 0 Å². The number of carbonyl (C=O) groups excluding carboxylic acids is 1. The number of aromatic nitrogens is 2. The molecule has 1 aromatic rings. The molecule has 1 aliphatic rings. The molecule has 1 aromatic heterocycles. The molecule has 0 N–H and O–H groups in total. The van der Waals surface area contributed by atoms with Crippen LogP contribution in [0.15, 0.2) is 12.5 Å². The van der Waals surface area contributed by atoms with Crippen molar-refractivity contribution < 1.29 is 9.53 Å². The minimum Gasteiger partial charge on any atom is -0.376 e. The smallest absolute Gasteiger partial charge is 0.168 e. The van der Waals surface area contributed by atoms with Gasteiger partial charge in [0.25, 0.3) is 0 Å². The lowest BCUT2D eigenvalue weighted by molar-refractivity contribution is -0.0593. The van der Waals surface area contributed by atoms with Crippen molar-refractivity contribution in [2.24, 2.45) is 0 Å². The summed E-state index contributed by atoms with van der Waals surface area (Å²) in [4.78, 5) is 14.4. The lowest BCUT2D eigenvalue weighted by Crippen LogP contribution is -2.31. The largest absolute Gasteiger partial charge is 0.376 e.